The number of hydrogen-bond donors (Lipinski definition) is 0. The molecular formula is C15H14BrClF2N2. The Labute approximate surface area is 135 Å². The van der Waals surface area contributed by atoms with Crippen LogP contribution in [0.3, 0.4) is 0 Å². The predicted octanol–water partition coefficient (Wildman–Crippen LogP) is 5.44. The highest BCUT2D eigenvalue weighted by Crippen LogP contribution is 2.34. The topological polar surface area (TPSA) is 25.8 Å². The number of nitrogens with zero attached hydrogens (tertiary/aromatic N) is 2. The van der Waals surface area contributed by atoms with Crippen LogP contribution in [0.2, 0.25) is 5.15 Å². The van der Waals surface area contributed by atoms with Gasteiger partial charge in [0.15, 0.2) is 0 Å². The van der Waals surface area contributed by atoms with E-state index in [1.54, 1.807) is 6.92 Å². The molecule has 6 heteroatoms. The summed E-state index contributed by atoms with van der Waals surface area (Å²) in [7, 11) is 0. The fraction of sp³-hybridized carbons (Fsp3) is 0.333. The quantitative estimate of drug-likeness (QED) is 0.490. The molecule has 0 fully saturated rings. The molecule has 0 aliphatic carbocycles. The van der Waals surface area contributed by atoms with Crippen LogP contribution in [0.15, 0.2) is 16.6 Å². The van der Waals surface area contributed by atoms with Crippen molar-refractivity contribution in [2.45, 2.75) is 33.1 Å². The molecule has 0 saturated heterocycles. The Kier molecular flexibility index (Phi) is 4.36. The van der Waals surface area contributed by atoms with Crippen LogP contribution in [0, 0.1) is 18.6 Å². The van der Waals surface area contributed by atoms with E-state index in [2.05, 4.69) is 25.9 Å². The van der Waals surface area contributed by atoms with Gasteiger partial charge in [-0.15, -0.1) is 0 Å². The second-order valence-corrected chi connectivity index (χ2v) is 6.99. The van der Waals surface area contributed by atoms with Crippen molar-refractivity contribution >= 4 is 27.5 Å². The van der Waals surface area contributed by atoms with Gasteiger partial charge in [-0.2, -0.15) is 0 Å². The van der Waals surface area contributed by atoms with Crippen molar-refractivity contribution in [2.75, 3.05) is 0 Å². The van der Waals surface area contributed by atoms with Gasteiger partial charge < -0.3 is 0 Å². The third kappa shape index (κ3) is 3.09. The summed E-state index contributed by atoms with van der Waals surface area (Å²) >= 11 is 9.17. The molecular weight excluding hydrogens is 362 g/mol. The van der Waals surface area contributed by atoms with Crippen molar-refractivity contribution in [3.8, 4) is 11.3 Å². The summed E-state index contributed by atoms with van der Waals surface area (Å²) in [4.78, 5) is 8.55. The lowest BCUT2D eigenvalue weighted by Gasteiger charge is -2.19. The molecule has 0 saturated carbocycles. The molecule has 0 atom stereocenters. The van der Waals surface area contributed by atoms with Gasteiger partial charge in [0.1, 0.15) is 22.6 Å². The molecule has 112 valence electrons. The minimum Gasteiger partial charge on any atom is -0.232 e. The third-order valence-corrected chi connectivity index (χ3v) is 4.02. The largest absolute Gasteiger partial charge is 0.232 e. The highest BCUT2D eigenvalue weighted by Gasteiger charge is 2.24. The maximum atomic E-state index is 14.3. The molecule has 0 aliphatic rings. The Morgan fingerprint density at radius 2 is 1.76 bits per heavy atom. The summed E-state index contributed by atoms with van der Waals surface area (Å²) < 4.78 is 28.6. The standard InChI is InChI=1S/C15H14BrClF2N2/c1-7-12(10-9(18)6-5-8(16)11(10)19)20-14(15(2,3)4)21-13(7)17/h5-6H,1-4H3. The van der Waals surface area contributed by atoms with Crippen molar-refractivity contribution in [3.63, 3.8) is 0 Å². The van der Waals surface area contributed by atoms with E-state index in [1.165, 1.54) is 12.1 Å². The first kappa shape index (κ1) is 16.3. The monoisotopic (exact) mass is 374 g/mol. The van der Waals surface area contributed by atoms with E-state index in [1.807, 2.05) is 20.8 Å². The van der Waals surface area contributed by atoms with Crippen LogP contribution in [0.25, 0.3) is 11.3 Å². The van der Waals surface area contributed by atoms with Crippen molar-refractivity contribution in [1.82, 2.24) is 9.97 Å². The van der Waals surface area contributed by atoms with Crippen LogP contribution in [-0.4, -0.2) is 9.97 Å². The number of aromatic nitrogens is 2. The zero-order valence-corrected chi connectivity index (χ0v) is 14.4. The van der Waals surface area contributed by atoms with Gasteiger partial charge >= 0.3 is 0 Å². The number of rotatable bonds is 1. The maximum Gasteiger partial charge on any atom is 0.149 e. The average Bonchev–Trinajstić information content (AvgIpc) is 2.38. The van der Waals surface area contributed by atoms with Crippen LogP contribution >= 0.6 is 27.5 Å². The van der Waals surface area contributed by atoms with Gasteiger partial charge in [-0.1, -0.05) is 32.4 Å². The molecule has 1 heterocycles. The lowest BCUT2D eigenvalue weighted by Crippen LogP contribution is -2.17. The van der Waals surface area contributed by atoms with Crippen molar-refractivity contribution in [3.05, 3.63) is 44.8 Å². The van der Waals surface area contributed by atoms with E-state index in [-0.39, 0.29) is 26.3 Å². The Bertz CT molecular complexity index is 712. The molecule has 0 unspecified atom stereocenters. The Morgan fingerprint density at radius 1 is 1.14 bits per heavy atom. The fourth-order valence-corrected chi connectivity index (χ4v) is 2.31. The van der Waals surface area contributed by atoms with Crippen molar-refractivity contribution < 1.29 is 8.78 Å². The van der Waals surface area contributed by atoms with E-state index in [0.717, 1.165) is 0 Å². The summed E-state index contributed by atoms with van der Waals surface area (Å²) in [5, 5.41) is 0.198. The summed E-state index contributed by atoms with van der Waals surface area (Å²) in [6.45, 7) is 7.37. The average molecular weight is 376 g/mol. The zero-order valence-electron chi connectivity index (χ0n) is 12.1. The molecule has 0 radical (unpaired) electrons. The van der Waals surface area contributed by atoms with Gasteiger partial charge in [0.25, 0.3) is 0 Å². The lowest BCUT2D eigenvalue weighted by atomic mass is 9.95. The summed E-state index contributed by atoms with van der Waals surface area (Å²) in [5.41, 5.74) is 0.0406. The lowest BCUT2D eigenvalue weighted by molar-refractivity contribution is 0.543. The van der Waals surface area contributed by atoms with Crippen LogP contribution in [0.4, 0.5) is 8.78 Å². The van der Waals surface area contributed by atoms with Crippen LogP contribution < -0.4 is 0 Å². The first-order valence-electron chi connectivity index (χ1n) is 6.31. The molecule has 2 aromatic rings. The van der Waals surface area contributed by atoms with E-state index >= 15 is 0 Å². The molecule has 0 N–H and O–H groups in total. The van der Waals surface area contributed by atoms with Gasteiger partial charge in [0, 0.05) is 11.0 Å². The van der Waals surface area contributed by atoms with Crippen LogP contribution in [-0.2, 0) is 5.41 Å². The van der Waals surface area contributed by atoms with E-state index in [0.29, 0.717) is 11.4 Å². The normalized spacial score (nSPS) is 11.8. The minimum atomic E-state index is -0.701. The van der Waals surface area contributed by atoms with E-state index in [4.69, 9.17) is 11.6 Å². The van der Waals surface area contributed by atoms with Crippen molar-refractivity contribution in [1.29, 1.82) is 0 Å². The highest BCUT2D eigenvalue weighted by atomic mass is 79.9. The summed E-state index contributed by atoms with van der Waals surface area (Å²) in [5.74, 6) is -0.951. The Hall–Kier alpha value is -1.07. The van der Waals surface area contributed by atoms with Gasteiger partial charge in [-0.3, -0.25) is 0 Å². The molecule has 2 nitrogen and oxygen atoms in total. The van der Waals surface area contributed by atoms with Gasteiger partial charge in [0.05, 0.1) is 15.7 Å². The summed E-state index contributed by atoms with van der Waals surface area (Å²) in [6, 6.07) is 2.51. The van der Waals surface area contributed by atoms with Crippen molar-refractivity contribution in [2.24, 2.45) is 0 Å². The molecule has 1 aromatic carbocycles. The minimum absolute atomic E-state index is 0.172. The first-order chi connectivity index (χ1) is 9.62. The second kappa shape index (κ2) is 5.61. The molecule has 0 bridgehead atoms. The molecule has 0 spiro atoms. The number of benzene rings is 1. The first-order valence-corrected chi connectivity index (χ1v) is 7.48. The van der Waals surface area contributed by atoms with Crippen LogP contribution in [0.5, 0.6) is 0 Å². The Morgan fingerprint density at radius 3 is 2.33 bits per heavy atom. The number of halogens is 4. The SMILES string of the molecule is Cc1c(Cl)nc(C(C)(C)C)nc1-c1c(F)ccc(Br)c1F. The zero-order chi connectivity index (χ0) is 15.9. The number of hydrogen-bond acceptors (Lipinski definition) is 2. The molecule has 21 heavy (non-hydrogen) atoms. The molecule has 1 aromatic heterocycles. The van der Waals surface area contributed by atoms with Gasteiger partial charge in [-0.25, -0.2) is 18.7 Å². The van der Waals surface area contributed by atoms with E-state index < -0.39 is 11.6 Å². The van der Waals surface area contributed by atoms with Gasteiger partial charge in [-0.05, 0) is 35.0 Å². The Balaban J connectivity index is 2.82. The maximum absolute atomic E-state index is 14.3. The smallest absolute Gasteiger partial charge is 0.149 e. The summed E-state index contributed by atoms with van der Waals surface area (Å²) in [6.07, 6.45) is 0. The van der Waals surface area contributed by atoms with E-state index in [9.17, 15) is 8.78 Å². The van der Waals surface area contributed by atoms with Crippen LogP contribution in [0.1, 0.15) is 32.2 Å². The fourth-order valence-electron chi connectivity index (χ4n) is 1.81. The highest BCUT2D eigenvalue weighted by molar-refractivity contribution is 9.10. The molecule has 2 rings (SSSR count). The molecule has 0 aliphatic heterocycles. The molecule has 0 amide bonds. The second-order valence-electron chi connectivity index (χ2n) is 5.78. The predicted molar refractivity (Wildman–Crippen MR) is 83.5 cm³/mol. The van der Waals surface area contributed by atoms with Gasteiger partial charge in [0.2, 0.25) is 0 Å². The third-order valence-electron chi connectivity index (χ3n) is 3.04.